The predicted molar refractivity (Wildman–Crippen MR) is 84.1 cm³/mol. The van der Waals surface area contributed by atoms with E-state index in [-0.39, 0.29) is 0 Å². The third kappa shape index (κ3) is 3.32. The first-order chi connectivity index (χ1) is 10.6. The summed E-state index contributed by atoms with van der Waals surface area (Å²) in [4.78, 5) is 24.5. The van der Waals surface area contributed by atoms with Gasteiger partial charge in [-0.3, -0.25) is 9.59 Å². The number of ketones is 1. The van der Waals surface area contributed by atoms with Crippen LogP contribution in [-0.2, 0) is 4.79 Å². The van der Waals surface area contributed by atoms with Crippen molar-refractivity contribution in [3.05, 3.63) is 46.2 Å². The highest BCUT2D eigenvalue weighted by atomic mass is 32.1. The van der Waals surface area contributed by atoms with Crippen LogP contribution in [0.5, 0.6) is 5.75 Å². The first kappa shape index (κ1) is 15.7. The number of ether oxygens (including phenoxy) is 1. The number of thiophene rings is 1. The number of anilines is 1. The summed E-state index contributed by atoms with van der Waals surface area (Å²) < 4.78 is 5.03. The van der Waals surface area contributed by atoms with Crippen molar-refractivity contribution < 1.29 is 14.3 Å². The van der Waals surface area contributed by atoms with Gasteiger partial charge < -0.3 is 10.1 Å². The van der Waals surface area contributed by atoms with Crippen LogP contribution in [0.1, 0.15) is 15.9 Å². The van der Waals surface area contributed by atoms with Crippen LogP contribution in [0, 0.1) is 24.2 Å². The molecule has 0 fully saturated rings. The molecule has 0 bridgehead atoms. The van der Waals surface area contributed by atoms with E-state index in [1.165, 1.54) is 11.3 Å². The summed E-state index contributed by atoms with van der Waals surface area (Å²) in [5.74, 6) is -1.83. The molecule has 0 saturated carbocycles. The zero-order valence-electron chi connectivity index (χ0n) is 12.1. The van der Waals surface area contributed by atoms with Crippen LogP contribution >= 0.6 is 11.3 Å². The van der Waals surface area contributed by atoms with Gasteiger partial charge >= 0.3 is 0 Å². The zero-order chi connectivity index (χ0) is 16.1. The molecule has 1 heterocycles. The number of rotatable bonds is 5. The fourth-order valence-corrected chi connectivity index (χ4v) is 2.73. The number of aryl methyl sites for hydroxylation is 1. The lowest BCUT2D eigenvalue weighted by molar-refractivity contribution is -0.117. The summed E-state index contributed by atoms with van der Waals surface area (Å²) in [5.41, 5.74) is 1.69. The first-order valence-electron chi connectivity index (χ1n) is 6.48. The van der Waals surface area contributed by atoms with Gasteiger partial charge in [-0.2, -0.15) is 16.6 Å². The number of benzene rings is 1. The molecule has 112 valence electrons. The van der Waals surface area contributed by atoms with E-state index in [4.69, 9.17) is 10.00 Å². The fourth-order valence-electron chi connectivity index (χ4n) is 1.89. The molecule has 0 unspecified atom stereocenters. The molecule has 1 aromatic heterocycles. The summed E-state index contributed by atoms with van der Waals surface area (Å²) in [7, 11) is 1.54. The molecule has 1 aromatic carbocycles. The highest BCUT2D eigenvalue weighted by Crippen LogP contribution is 2.20. The molecule has 0 aliphatic heterocycles. The molecule has 5 nitrogen and oxygen atoms in total. The predicted octanol–water partition coefficient (Wildman–Crippen LogP) is 3.03. The molecule has 22 heavy (non-hydrogen) atoms. The first-order valence-corrected chi connectivity index (χ1v) is 7.42. The molecule has 6 heteroatoms. The SMILES string of the molecule is COc1ccc(NC(=O)[C@@H](C#N)C(=O)c2cscc2C)cc1. The van der Waals surface area contributed by atoms with Gasteiger partial charge in [0.15, 0.2) is 11.7 Å². The molecule has 1 atom stereocenters. The van der Waals surface area contributed by atoms with Gasteiger partial charge in [0.05, 0.1) is 13.2 Å². The highest BCUT2D eigenvalue weighted by Gasteiger charge is 2.28. The maximum atomic E-state index is 12.3. The number of methoxy groups -OCH3 is 1. The van der Waals surface area contributed by atoms with Gasteiger partial charge in [-0.25, -0.2) is 0 Å². The molecular weight excluding hydrogens is 300 g/mol. The number of hydrogen-bond donors (Lipinski definition) is 1. The van der Waals surface area contributed by atoms with Crippen molar-refractivity contribution in [2.24, 2.45) is 5.92 Å². The quantitative estimate of drug-likeness (QED) is 0.679. The Morgan fingerprint density at radius 3 is 2.45 bits per heavy atom. The molecule has 0 spiro atoms. The standard InChI is InChI=1S/C16H14N2O3S/c1-10-8-22-9-14(10)15(19)13(7-17)16(20)18-11-3-5-12(21-2)6-4-11/h3-6,8-9,13H,1-2H3,(H,18,20)/t13-/m0/s1. The second kappa shape index (κ2) is 6.87. The molecule has 2 rings (SSSR count). The van der Waals surface area contributed by atoms with Crippen LogP contribution in [-0.4, -0.2) is 18.8 Å². The summed E-state index contributed by atoms with van der Waals surface area (Å²) in [5, 5.41) is 15.2. The fraction of sp³-hybridized carbons (Fsp3) is 0.188. The minimum Gasteiger partial charge on any atom is -0.497 e. The number of nitriles is 1. The van der Waals surface area contributed by atoms with Gasteiger partial charge in [0.25, 0.3) is 0 Å². The Kier molecular flexibility index (Phi) is 4.92. The lowest BCUT2D eigenvalue weighted by atomic mass is 9.98. The molecule has 0 aliphatic rings. The van der Waals surface area contributed by atoms with Gasteiger partial charge in [0.2, 0.25) is 5.91 Å². The van der Waals surface area contributed by atoms with Gasteiger partial charge in [-0.05, 0) is 42.1 Å². The van der Waals surface area contributed by atoms with Crippen molar-refractivity contribution in [2.45, 2.75) is 6.92 Å². The van der Waals surface area contributed by atoms with Crippen molar-refractivity contribution in [3.63, 3.8) is 0 Å². The molecule has 1 N–H and O–H groups in total. The van der Waals surface area contributed by atoms with Gasteiger partial charge in [0.1, 0.15) is 5.75 Å². The monoisotopic (exact) mass is 314 g/mol. The Bertz CT molecular complexity index is 729. The maximum Gasteiger partial charge on any atom is 0.249 e. The molecule has 2 aromatic rings. The van der Waals surface area contributed by atoms with E-state index in [9.17, 15) is 9.59 Å². The lowest BCUT2D eigenvalue weighted by Gasteiger charge is -2.10. The van der Waals surface area contributed by atoms with Crippen LogP contribution in [0.3, 0.4) is 0 Å². The van der Waals surface area contributed by atoms with Crippen LogP contribution in [0.2, 0.25) is 0 Å². The number of nitrogens with zero attached hydrogens (tertiary/aromatic N) is 1. The van der Waals surface area contributed by atoms with Crippen molar-refractivity contribution in [1.29, 1.82) is 5.26 Å². The largest absolute Gasteiger partial charge is 0.497 e. The minimum atomic E-state index is -1.37. The third-order valence-electron chi connectivity index (χ3n) is 3.13. The smallest absolute Gasteiger partial charge is 0.249 e. The lowest BCUT2D eigenvalue weighted by Crippen LogP contribution is -2.28. The number of Topliss-reactive ketones (excluding diaryl/α,β-unsaturated/α-hetero) is 1. The van der Waals surface area contributed by atoms with Crippen molar-refractivity contribution in [3.8, 4) is 11.8 Å². The number of hydrogen-bond acceptors (Lipinski definition) is 5. The number of amides is 1. The minimum absolute atomic E-state index is 0.418. The molecule has 0 aliphatic carbocycles. The van der Waals surface area contributed by atoms with Crippen molar-refractivity contribution in [2.75, 3.05) is 12.4 Å². The summed E-state index contributed by atoms with van der Waals surface area (Å²) in [6.07, 6.45) is 0. The average Bonchev–Trinajstić information content (AvgIpc) is 2.94. The third-order valence-corrected chi connectivity index (χ3v) is 3.99. The molecule has 0 radical (unpaired) electrons. The summed E-state index contributed by atoms with van der Waals surface area (Å²) >= 11 is 1.37. The van der Waals surface area contributed by atoms with E-state index < -0.39 is 17.6 Å². The van der Waals surface area contributed by atoms with E-state index in [1.807, 2.05) is 5.38 Å². The highest BCUT2D eigenvalue weighted by molar-refractivity contribution is 7.08. The second-order valence-electron chi connectivity index (χ2n) is 4.61. The van der Waals surface area contributed by atoms with Crippen LogP contribution in [0.15, 0.2) is 35.0 Å². The Hall–Kier alpha value is -2.65. The van der Waals surface area contributed by atoms with E-state index in [2.05, 4.69) is 5.32 Å². The molecule has 0 saturated heterocycles. The van der Waals surface area contributed by atoms with Crippen LogP contribution in [0.25, 0.3) is 0 Å². The maximum absolute atomic E-state index is 12.3. The number of carbonyl (C=O) groups is 2. The molecular formula is C16H14N2O3S. The normalized spacial score (nSPS) is 11.3. The van der Waals surface area contributed by atoms with E-state index in [0.717, 1.165) is 5.56 Å². The Morgan fingerprint density at radius 1 is 1.27 bits per heavy atom. The number of nitrogens with one attached hydrogen (secondary N) is 1. The Morgan fingerprint density at radius 2 is 1.95 bits per heavy atom. The van der Waals surface area contributed by atoms with E-state index >= 15 is 0 Å². The summed E-state index contributed by atoms with van der Waals surface area (Å²) in [6.45, 7) is 1.78. The zero-order valence-corrected chi connectivity index (χ0v) is 12.9. The number of carbonyl (C=O) groups excluding carboxylic acids is 2. The molecule has 1 amide bonds. The average molecular weight is 314 g/mol. The van der Waals surface area contributed by atoms with Gasteiger partial charge in [0, 0.05) is 16.6 Å². The van der Waals surface area contributed by atoms with E-state index in [0.29, 0.717) is 17.0 Å². The van der Waals surface area contributed by atoms with Crippen molar-refractivity contribution in [1.82, 2.24) is 0 Å². The van der Waals surface area contributed by atoms with Crippen molar-refractivity contribution >= 4 is 28.7 Å². The summed E-state index contributed by atoms with van der Waals surface area (Å²) in [6, 6.07) is 8.43. The topological polar surface area (TPSA) is 79.2 Å². The Labute approximate surface area is 132 Å². The van der Waals surface area contributed by atoms with Gasteiger partial charge in [-0.15, -0.1) is 0 Å². The second-order valence-corrected chi connectivity index (χ2v) is 5.36. The van der Waals surface area contributed by atoms with Crippen LogP contribution < -0.4 is 10.1 Å². The van der Waals surface area contributed by atoms with Gasteiger partial charge in [-0.1, -0.05) is 0 Å². The van der Waals surface area contributed by atoms with Crippen LogP contribution in [0.4, 0.5) is 5.69 Å². The van der Waals surface area contributed by atoms with E-state index in [1.54, 1.807) is 49.7 Å². The Balaban J connectivity index is 2.13.